The molecule has 1 N–H and O–H groups in total. The van der Waals surface area contributed by atoms with Crippen molar-refractivity contribution >= 4 is 11.3 Å². The number of hydrogen-bond acceptors (Lipinski definition) is 4. The summed E-state index contributed by atoms with van der Waals surface area (Å²) in [5.74, 6) is 0. The minimum Gasteiger partial charge on any atom is -0.303 e. The molecule has 0 unspecified atom stereocenters. The van der Waals surface area contributed by atoms with E-state index in [1.165, 1.54) is 5.01 Å². The van der Waals surface area contributed by atoms with E-state index in [9.17, 15) is 0 Å². The second-order valence-electron chi connectivity index (χ2n) is 3.94. The van der Waals surface area contributed by atoms with Crippen LogP contribution in [0.25, 0.3) is 0 Å². The zero-order valence-corrected chi connectivity index (χ0v) is 11.0. The van der Waals surface area contributed by atoms with E-state index in [-0.39, 0.29) is 6.04 Å². The van der Waals surface area contributed by atoms with Crippen molar-refractivity contribution in [2.75, 3.05) is 0 Å². The molecule has 3 nitrogen and oxygen atoms in total. The van der Waals surface area contributed by atoms with E-state index < -0.39 is 0 Å². The molecule has 0 saturated carbocycles. The van der Waals surface area contributed by atoms with Crippen LogP contribution in [0.4, 0.5) is 0 Å². The molecule has 2 heterocycles. The highest BCUT2D eigenvalue weighted by Gasteiger charge is 2.06. The maximum Gasteiger partial charge on any atom is 0.0926 e. The largest absolute Gasteiger partial charge is 0.303 e. The van der Waals surface area contributed by atoms with E-state index in [1.54, 1.807) is 11.3 Å². The fraction of sp³-hybridized carbons (Fsp3) is 0.385. The highest BCUT2D eigenvalue weighted by atomic mass is 32.1. The summed E-state index contributed by atoms with van der Waals surface area (Å²) in [5.41, 5.74) is 2.19. The predicted molar refractivity (Wildman–Crippen MR) is 71.0 cm³/mol. The van der Waals surface area contributed by atoms with Crippen molar-refractivity contribution in [2.24, 2.45) is 0 Å². The van der Waals surface area contributed by atoms with Crippen LogP contribution in [0, 0.1) is 0 Å². The Hall–Kier alpha value is -1.26. The van der Waals surface area contributed by atoms with Gasteiger partial charge in [-0.15, -0.1) is 11.3 Å². The number of aromatic nitrogens is 2. The molecule has 4 heteroatoms. The van der Waals surface area contributed by atoms with Crippen LogP contribution in [0.1, 0.15) is 36.3 Å². The smallest absolute Gasteiger partial charge is 0.0926 e. The van der Waals surface area contributed by atoms with E-state index in [0.29, 0.717) is 0 Å². The van der Waals surface area contributed by atoms with E-state index in [4.69, 9.17) is 0 Å². The molecule has 1 atom stereocenters. The van der Waals surface area contributed by atoms with Crippen molar-refractivity contribution in [2.45, 2.75) is 32.9 Å². The molecular formula is C13H17N3S. The summed E-state index contributed by atoms with van der Waals surface area (Å²) in [5, 5.41) is 6.76. The Balaban J connectivity index is 1.90. The van der Waals surface area contributed by atoms with Gasteiger partial charge in [0.15, 0.2) is 0 Å². The second kappa shape index (κ2) is 5.89. The van der Waals surface area contributed by atoms with E-state index in [1.807, 2.05) is 24.4 Å². The minimum absolute atomic E-state index is 0.253. The lowest BCUT2D eigenvalue weighted by atomic mass is 10.2. The summed E-state index contributed by atoms with van der Waals surface area (Å²) in [7, 11) is 0. The number of nitrogens with one attached hydrogen (secondary N) is 1. The molecule has 2 rings (SSSR count). The number of thiazole rings is 1. The summed E-state index contributed by atoms with van der Waals surface area (Å²) in [4.78, 5) is 8.86. The summed E-state index contributed by atoms with van der Waals surface area (Å²) >= 11 is 1.73. The van der Waals surface area contributed by atoms with Gasteiger partial charge in [0.25, 0.3) is 0 Å². The van der Waals surface area contributed by atoms with Gasteiger partial charge >= 0.3 is 0 Å². The van der Waals surface area contributed by atoms with Gasteiger partial charge in [-0.25, -0.2) is 4.98 Å². The van der Waals surface area contributed by atoms with Gasteiger partial charge in [-0.2, -0.15) is 0 Å². The van der Waals surface area contributed by atoms with Gasteiger partial charge in [-0.1, -0.05) is 13.0 Å². The zero-order chi connectivity index (χ0) is 12.1. The number of aryl methyl sites for hydroxylation is 1. The molecule has 0 aliphatic carbocycles. The third-order valence-electron chi connectivity index (χ3n) is 2.62. The average Bonchev–Trinajstić information content (AvgIpc) is 2.85. The van der Waals surface area contributed by atoms with Crippen molar-refractivity contribution in [3.8, 4) is 0 Å². The average molecular weight is 247 g/mol. The zero-order valence-electron chi connectivity index (χ0n) is 10.2. The van der Waals surface area contributed by atoms with Gasteiger partial charge < -0.3 is 5.32 Å². The van der Waals surface area contributed by atoms with Crippen LogP contribution in [-0.2, 0) is 13.0 Å². The summed E-state index contributed by atoms with van der Waals surface area (Å²) < 4.78 is 0. The minimum atomic E-state index is 0.253. The lowest BCUT2D eigenvalue weighted by Gasteiger charge is -2.11. The van der Waals surface area contributed by atoms with Gasteiger partial charge in [-0.3, -0.25) is 4.98 Å². The SMILES string of the molecule is CCc1nc(CN[C@H](C)c2ccccn2)cs1. The number of nitrogens with zero attached hydrogens (tertiary/aromatic N) is 2. The fourth-order valence-electron chi connectivity index (χ4n) is 1.59. The van der Waals surface area contributed by atoms with E-state index in [0.717, 1.165) is 24.4 Å². The maximum absolute atomic E-state index is 4.53. The molecule has 0 fully saturated rings. The van der Waals surface area contributed by atoms with Gasteiger partial charge in [0.05, 0.1) is 16.4 Å². The monoisotopic (exact) mass is 247 g/mol. The van der Waals surface area contributed by atoms with Crippen molar-refractivity contribution in [3.63, 3.8) is 0 Å². The molecular weight excluding hydrogens is 230 g/mol. The molecule has 0 aliphatic rings. The third-order valence-corrected chi connectivity index (χ3v) is 3.66. The van der Waals surface area contributed by atoms with Gasteiger partial charge in [0.2, 0.25) is 0 Å². The number of hydrogen-bond donors (Lipinski definition) is 1. The van der Waals surface area contributed by atoms with Crippen molar-refractivity contribution in [1.29, 1.82) is 0 Å². The lowest BCUT2D eigenvalue weighted by molar-refractivity contribution is 0.556. The van der Waals surface area contributed by atoms with Crippen LogP contribution >= 0.6 is 11.3 Å². The molecule has 0 amide bonds. The molecule has 2 aromatic heterocycles. The van der Waals surface area contributed by atoms with Crippen LogP contribution in [0.2, 0.25) is 0 Å². The normalized spacial score (nSPS) is 12.6. The number of pyridine rings is 1. The Kier molecular flexibility index (Phi) is 4.23. The standard InChI is InChI=1S/C13H17N3S/c1-3-13-16-11(9-17-13)8-15-10(2)12-6-4-5-7-14-12/h4-7,9-10,15H,3,8H2,1-2H3/t10-/m1/s1. The molecule has 17 heavy (non-hydrogen) atoms. The first-order chi connectivity index (χ1) is 8.29. The molecule has 0 aromatic carbocycles. The Labute approximate surface area is 106 Å². The first kappa shape index (κ1) is 12.2. The van der Waals surface area contributed by atoms with Crippen molar-refractivity contribution in [3.05, 3.63) is 46.2 Å². The Morgan fingerprint density at radius 3 is 2.94 bits per heavy atom. The van der Waals surface area contributed by atoms with Crippen LogP contribution < -0.4 is 5.32 Å². The van der Waals surface area contributed by atoms with Crippen LogP contribution in [0.5, 0.6) is 0 Å². The van der Waals surface area contributed by atoms with E-state index >= 15 is 0 Å². The van der Waals surface area contributed by atoms with E-state index in [2.05, 4.69) is 34.5 Å². The highest BCUT2D eigenvalue weighted by molar-refractivity contribution is 7.09. The van der Waals surface area contributed by atoms with Crippen LogP contribution in [-0.4, -0.2) is 9.97 Å². The van der Waals surface area contributed by atoms with Crippen LogP contribution in [0.3, 0.4) is 0 Å². The Morgan fingerprint density at radius 2 is 2.29 bits per heavy atom. The van der Waals surface area contributed by atoms with Crippen molar-refractivity contribution < 1.29 is 0 Å². The summed E-state index contributed by atoms with van der Waals surface area (Å²) in [6, 6.07) is 6.24. The predicted octanol–water partition coefficient (Wildman–Crippen LogP) is 2.95. The molecule has 0 aliphatic heterocycles. The quantitative estimate of drug-likeness (QED) is 0.882. The maximum atomic E-state index is 4.53. The molecule has 0 saturated heterocycles. The summed E-state index contributed by atoms with van der Waals surface area (Å²) in [6.07, 6.45) is 2.84. The Morgan fingerprint density at radius 1 is 1.41 bits per heavy atom. The van der Waals surface area contributed by atoms with Gasteiger partial charge in [-0.05, 0) is 25.5 Å². The molecule has 2 aromatic rings. The van der Waals surface area contributed by atoms with Crippen LogP contribution in [0.15, 0.2) is 29.8 Å². The molecule has 90 valence electrons. The van der Waals surface area contributed by atoms with Crippen molar-refractivity contribution in [1.82, 2.24) is 15.3 Å². The lowest BCUT2D eigenvalue weighted by Crippen LogP contribution is -2.19. The highest BCUT2D eigenvalue weighted by Crippen LogP contribution is 2.12. The third kappa shape index (κ3) is 3.35. The van der Waals surface area contributed by atoms with Gasteiger partial charge in [0.1, 0.15) is 0 Å². The summed E-state index contributed by atoms with van der Waals surface area (Å²) in [6.45, 7) is 5.05. The first-order valence-electron chi connectivity index (χ1n) is 5.87. The Bertz CT molecular complexity index is 453. The first-order valence-corrected chi connectivity index (χ1v) is 6.75. The second-order valence-corrected chi connectivity index (χ2v) is 4.89. The molecule has 0 radical (unpaired) electrons. The molecule has 0 spiro atoms. The topological polar surface area (TPSA) is 37.8 Å². The fourth-order valence-corrected chi connectivity index (χ4v) is 2.33. The van der Waals surface area contributed by atoms with Gasteiger partial charge in [0, 0.05) is 24.2 Å². The number of rotatable bonds is 5. The molecule has 0 bridgehead atoms.